The number of likely N-dealkylation sites (tertiary alicyclic amines) is 1. The number of amides is 5. The van der Waals surface area contributed by atoms with Crippen LogP contribution in [0.3, 0.4) is 0 Å². The van der Waals surface area contributed by atoms with E-state index in [0.717, 1.165) is 57.8 Å². The first-order valence-corrected chi connectivity index (χ1v) is 17.4. The van der Waals surface area contributed by atoms with Gasteiger partial charge in [0, 0.05) is 18.4 Å². The van der Waals surface area contributed by atoms with Crippen molar-refractivity contribution in [2.24, 2.45) is 17.3 Å². The Morgan fingerprint density at radius 2 is 1.67 bits per heavy atom. The van der Waals surface area contributed by atoms with Crippen molar-refractivity contribution in [3.05, 3.63) is 24.3 Å². The molecule has 3 heterocycles. The highest BCUT2D eigenvalue weighted by Crippen LogP contribution is 2.39. The molecule has 5 amide bonds. The SMILES string of the molecule is CC(C)(C)[C@H](NC(=O)[C@@H](NC(=O)c1cnccn1)C1CCCCC1)C(=O)N1C[C@@H]2O[C@@H]2[C@H]1C(=O)NC(CC1CC1)C(=O)C(=O)NC1CC1. The Kier molecular flexibility index (Phi) is 9.82. The predicted octanol–water partition coefficient (Wildman–Crippen LogP) is 0.797. The summed E-state index contributed by atoms with van der Waals surface area (Å²) in [5.41, 5.74) is -0.679. The van der Waals surface area contributed by atoms with Gasteiger partial charge in [-0.1, -0.05) is 52.9 Å². The van der Waals surface area contributed by atoms with Crippen LogP contribution in [0.15, 0.2) is 18.6 Å². The smallest absolute Gasteiger partial charge is 0.289 e. The number of nitrogens with zero attached hydrogens (tertiary/aromatic N) is 3. The third kappa shape index (κ3) is 8.01. The third-order valence-electron chi connectivity index (χ3n) is 10.1. The number of aromatic nitrogens is 2. The fourth-order valence-corrected chi connectivity index (χ4v) is 6.94. The van der Waals surface area contributed by atoms with Crippen molar-refractivity contribution in [2.75, 3.05) is 6.54 Å². The number of Topliss-reactive ketones (excluding diaryl/α,β-unsaturated/α-hetero) is 1. The van der Waals surface area contributed by atoms with E-state index in [2.05, 4.69) is 31.2 Å². The van der Waals surface area contributed by atoms with E-state index < -0.39 is 71.0 Å². The molecule has 5 aliphatic rings. The summed E-state index contributed by atoms with van der Waals surface area (Å²) >= 11 is 0. The second-order valence-corrected chi connectivity index (χ2v) is 15.2. The fourth-order valence-electron chi connectivity index (χ4n) is 6.94. The highest BCUT2D eigenvalue weighted by Gasteiger charge is 2.60. The Hall–Kier alpha value is -3.94. The van der Waals surface area contributed by atoms with Gasteiger partial charge in [0.05, 0.1) is 18.8 Å². The summed E-state index contributed by atoms with van der Waals surface area (Å²) in [6.07, 6.45) is 11.6. The number of hydrogen-bond acceptors (Lipinski definition) is 9. The first kappa shape index (κ1) is 33.9. The molecule has 4 N–H and O–H groups in total. The summed E-state index contributed by atoms with van der Waals surface area (Å²) in [5, 5.41) is 11.3. The summed E-state index contributed by atoms with van der Waals surface area (Å²) in [7, 11) is 0. The van der Waals surface area contributed by atoms with Crippen molar-refractivity contribution in [3.63, 3.8) is 0 Å². The third-order valence-corrected chi connectivity index (χ3v) is 10.1. The molecule has 1 unspecified atom stereocenters. The van der Waals surface area contributed by atoms with Gasteiger partial charge in [-0.3, -0.25) is 33.8 Å². The molecular formula is C34H47N7O7. The summed E-state index contributed by atoms with van der Waals surface area (Å²) < 4.78 is 5.70. The van der Waals surface area contributed by atoms with Crippen LogP contribution in [0.4, 0.5) is 0 Å². The lowest BCUT2D eigenvalue weighted by Gasteiger charge is -2.38. The van der Waals surface area contributed by atoms with Crippen LogP contribution >= 0.6 is 0 Å². The van der Waals surface area contributed by atoms with Crippen LogP contribution in [0.2, 0.25) is 0 Å². The van der Waals surface area contributed by atoms with Gasteiger partial charge in [0.2, 0.25) is 23.5 Å². The summed E-state index contributed by atoms with van der Waals surface area (Å²) in [6.45, 7) is 5.64. The first-order chi connectivity index (χ1) is 22.9. The standard InChI is InChI=1S/C34H47N7O7/c1-34(2,3)28(40-30(44)24(19-7-5-4-6-8-19)39-29(43)22-16-35-13-14-36-22)33(47)41-17-23-27(48-23)25(41)31(45)38-21(15-18-9-10-18)26(42)32(46)37-20-11-12-20/h13-14,16,18-21,23-25,27-28H,4-12,15,17H2,1-3H3,(H,37,46)(H,38,45)(H,39,43)(H,40,44)/t21?,23-,24-,25-,27-,28+/m0/s1. The molecule has 5 fully saturated rings. The molecule has 14 heteroatoms. The van der Waals surface area contributed by atoms with Gasteiger partial charge in [0.1, 0.15) is 36.0 Å². The molecule has 0 aromatic carbocycles. The minimum atomic E-state index is -1.04. The van der Waals surface area contributed by atoms with E-state index >= 15 is 0 Å². The van der Waals surface area contributed by atoms with E-state index in [9.17, 15) is 28.8 Å². The summed E-state index contributed by atoms with van der Waals surface area (Å²) in [5.74, 6) is -3.26. The Balaban J connectivity index is 1.17. The molecular weight excluding hydrogens is 618 g/mol. The molecule has 6 rings (SSSR count). The quantitative estimate of drug-likeness (QED) is 0.174. The fraction of sp³-hybridized carbons (Fsp3) is 0.706. The summed E-state index contributed by atoms with van der Waals surface area (Å²) in [4.78, 5) is 90.5. The number of carbonyl (C=O) groups excluding carboxylic acids is 6. The molecule has 14 nitrogen and oxygen atoms in total. The van der Waals surface area contributed by atoms with Gasteiger partial charge >= 0.3 is 0 Å². The van der Waals surface area contributed by atoms with Gasteiger partial charge in [0.15, 0.2) is 0 Å². The molecule has 260 valence electrons. The maximum absolute atomic E-state index is 14.3. The van der Waals surface area contributed by atoms with Crippen LogP contribution in [0.1, 0.15) is 95.5 Å². The average Bonchev–Trinajstić information content (AvgIpc) is 3.98. The Bertz CT molecular complexity index is 1420. The van der Waals surface area contributed by atoms with Gasteiger partial charge in [0.25, 0.3) is 11.8 Å². The zero-order valence-corrected chi connectivity index (χ0v) is 27.9. The Labute approximate surface area is 280 Å². The van der Waals surface area contributed by atoms with Crippen LogP contribution in [-0.2, 0) is 28.7 Å². The van der Waals surface area contributed by atoms with Crippen LogP contribution < -0.4 is 21.3 Å². The molecule has 3 aliphatic carbocycles. The highest BCUT2D eigenvalue weighted by molar-refractivity contribution is 6.38. The van der Waals surface area contributed by atoms with Crippen molar-refractivity contribution in [1.29, 1.82) is 0 Å². The van der Waals surface area contributed by atoms with E-state index in [4.69, 9.17) is 4.74 Å². The topological polar surface area (TPSA) is 192 Å². The second kappa shape index (κ2) is 13.9. The number of ketones is 1. The van der Waals surface area contributed by atoms with Crippen LogP contribution in [0, 0.1) is 17.3 Å². The highest BCUT2D eigenvalue weighted by atomic mass is 16.6. The minimum Gasteiger partial charge on any atom is -0.365 e. The zero-order chi connectivity index (χ0) is 34.2. The Morgan fingerprint density at radius 3 is 2.29 bits per heavy atom. The summed E-state index contributed by atoms with van der Waals surface area (Å²) in [6, 6.07) is -3.94. The lowest BCUT2D eigenvalue weighted by Crippen LogP contribution is -2.63. The molecule has 2 saturated heterocycles. The number of morpholine rings is 1. The molecule has 3 saturated carbocycles. The van der Waals surface area contributed by atoms with Crippen LogP contribution in [-0.4, -0.2) is 99.1 Å². The maximum Gasteiger partial charge on any atom is 0.289 e. The van der Waals surface area contributed by atoms with Crippen molar-refractivity contribution in [2.45, 2.75) is 127 Å². The van der Waals surface area contributed by atoms with Crippen molar-refractivity contribution >= 4 is 35.3 Å². The maximum atomic E-state index is 14.3. The number of fused-ring (bicyclic) bond motifs is 1. The molecule has 1 aromatic heterocycles. The minimum absolute atomic E-state index is 0.00452. The van der Waals surface area contributed by atoms with Gasteiger partial charge in [-0.15, -0.1) is 0 Å². The second-order valence-electron chi connectivity index (χ2n) is 15.2. The van der Waals surface area contributed by atoms with Crippen LogP contribution in [0.5, 0.6) is 0 Å². The van der Waals surface area contributed by atoms with Gasteiger partial charge in [-0.25, -0.2) is 4.98 Å². The molecule has 2 aliphatic heterocycles. The molecule has 6 atom stereocenters. The number of carbonyl (C=O) groups is 6. The number of nitrogens with one attached hydrogen (secondary N) is 4. The van der Waals surface area contributed by atoms with E-state index in [1.807, 2.05) is 20.8 Å². The number of epoxide rings is 1. The van der Waals surface area contributed by atoms with Crippen molar-refractivity contribution in [3.8, 4) is 0 Å². The molecule has 0 bridgehead atoms. The molecule has 48 heavy (non-hydrogen) atoms. The lowest BCUT2D eigenvalue weighted by atomic mass is 9.82. The normalized spacial score (nSPS) is 25.6. The van der Waals surface area contributed by atoms with Gasteiger partial charge < -0.3 is 30.9 Å². The van der Waals surface area contributed by atoms with Gasteiger partial charge in [-0.2, -0.15) is 0 Å². The van der Waals surface area contributed by atoms with E-state index in [1.165, 1.54) is 23.5 Å². The monoisotopic (exact) mass is 665 g/mol. The van der Waals surface area contributed by atoms with Crippen molar-refractivity contribution < 1.29 is 33.5 Å². The van der Waals surface area contributed by atoms with Gasteiger partial charge in [-0.05, 0) is 49.4 Å². The van der Waals surface area contributed by atoms with Crippen molar-refractivity contribution in [1.82, 2.24) is 36.1 Å². The predicted molar refractivity (Wildman–Crippen MR) is 171 cm³/mol. The number of ether oxygens (including phenoxy) is 1. The van der Waals surface area contributed by atoms with E-state index in [-0.39, 0.29) is 36.2 Å². The Morgan fingerprint density at radius 1 is 0.938 bits per heavy atom. The molecule has 1 aromatic rings. The largest absolute Gasteiger partial charge is 0.365 e. The molecule has 0 radical (unpaired) electrons. The van der Waals surface area contributed by atoms with E-state index in [1.54, 1.807) is 0 Å². The van der Waals surface area contributed by atoms with Crippen LogP contribution in [0.25, 0.3) is 0 Å². The average molecular weight is 666 g/mol. The lowest BCUT2D eigenvalue weighted by molar-refractivity contribution is -0.147. The molecule has 0 spiro atoms. The van der Waals surface area contributed by atoms with E-state index in [0.29, 0.717) is 6.42 Å². The number of rotatable bonds is 13. The number of hydrogen-bond donors (Lipinski definition) is 4. The first-order valence-electron chi connectivity index (χ1n) is 17.4. The zero-order valence-electron chi connectivity index (χ0n) is 27.9.